The lowest BCUT2D eigenvalue weighted by atomic mass is 10.1. The van der Waals surface area contributed by atoms with Gasteiger partial charge in [0.15, 0.2) is 0 Å². The van der Waals surface area contributed by atoms with Crippen molar-refractivity contribution >= 4 is 28.6 Å². The molecule has 0 amide bonds. The van der Waals surface area contributed by atoms with Crippen molar-refractivity contribution in [2.75, 3.05) is 18.0 Å². The minimum atomic E-state index is -0.630. The molecule has 0 saturated carbocycles. The number of benzene rings is 1. The van der Waals surface area contributed by atoms with Gasteiger partial charge < -0.3 is 14.4 Å². The normalized spacial score (nSPS) is 11.3. The van der Waals surface area contributed by atoms with Gasteiger partial charge in [0.25, 0.3) is 0 Å². The van der Waals surface area contributed by atoms with Crippen molar-refractivity contribution in [3.63, 3.8) is 0 Å². The minimum absolute atomic E-state index is 0.0203. The number of rotatable bonds is 5. The molecule has 1 N–H and O–H groups in total. The second-order valence-corrected chi connectivity index (χ2v) is 5.47. The number of pyridine rings is 1. The summed E-state index contributed by atoms with van der Waals surface area (Å²) in [6.07, 6.45) is 4.50. The fraction of sp³-hybridized carbons (Fsp3) is 0.211. The first-order valence-electron chi connectivity index (χ1n) is 8.13. The number of hydrogen-bond donors (Lipinski definition) is 1. The molecule has 6 nitrogen and oxygen atoms in total. The zero-order chi connectivity index (χ0) is 17.8. The van der Waals surface area contributed by atoms with Crippen molar-refractivity contribution in [1.82, 2.24) is 4.98 Å². The Hall–Kier alpha value is -3.15. The molecule has 6 heteroatoms. The van der Waals surface area contributed by atoms with Crippen LogP contribution in [0.5, 0.6) is 5.75 Å². The highest BCUT2D eigenvalue weighted by atomic mass is 16.4. The van der Waals surface area contributed by atoms with Gasteiger partial charge in [-0.05, 0) is 38.1 Å². The quantitative estimate of drug-likeness (QED) is 0.569. The van der Waals surface area contributed by atoms with Crippen LogP contribution in [0.2, 0.25) is 0 Å². The van der Waals surface area contributed by atoms with Gasteiger partial charge in [0.2, 0.25) is 0 Å². The summed E-state index contributed by atoms with van der Waals surface area (Å²) in [5.41, 5.74) is 1.27. The Morgan fingerprint density at radius 1 is 1.28 bits per heavy atom. The number of nitrogens with zero attached hydrogens (tertiary/aromatic N) is 3. The summed E-state index contributed by atoms with van der Waals surface area (Å²) in [5.74, 6) is -0.134. The van der Waals surface area contributed by atoms with Gasteiger partial charge in [-0.3, -0.25) is 9.98 Å². The average Bonchev–Trinajstić information content (AvgIpc) is 2.63. The lowest BCUT2D eigenvalue weighted by Gasteiger charge is -2.21. The van der Waals surface area contributed by atoms with Crippen molar-refractivity contribution in [2.24, 2.45) is 4.99 Å². The predicted octanol–water partition coefficient (Wildman–Crippen LogP) is 3.49. The summed E-state index contributed by atoms with van der Waals surface area (Å²) in [7, 11) is 0. The molecule has 0 bridgehead atoms. The van der Waals surface area contributed by atoms with Crippen LogP contribution >= 0.6 is 0 Å². The van der Waals surface area contributed by atoms with Gasteiger partial charge in [-0.2, -0.15) is 0 Å². The second-order valence-electron chi connectivity index (χ2n) is 5.47. The predicted molar refractivity (Wildman–Crippen MR) is 99.2 cm³/mol. The summed E-state index contributed by atoms with van der Waals surface area (Å²) in [5, 5.41) is 10.9. The fourth-order valence-corrected chi connectivity index (χ4v) is 2.66. The Bertz CT molecular complexity index is 961. The molecule has 3 rings (SSSR count). The van der Waals surface area contributed by atoms with Gasteiger partial charge in [-0.1, -0.05) is 0 Å². The van der Waals surface area contributed by atoms with Gasteiger partial charge in [-0.15, -0.1) is 0 Å². The third-order valence-corrected chi connectivity index (χ3v) is 4.02. The topological polar surface area (TPSA) is 78.9 Å². The van der Waals surface area contributed by atoms with Gasteiger partial charge in [0.1, 0.15) is 16.9 Å². The van der Waals surface area contributed by atoms with Crippen LogP contribution in [0, 0.1) is 0 Å². The fourth-order valence-electron chi connectivity index (χ4n) is 2.66. The Labute approximate surface area is 145 Å². The monoisotopic (exact) mass is 337 g/mol. The lowest BCUT2D eigenvalue weighted by molar-refractivity contribution is 0.466. The second kappa shape index (κ2) is 7.17. The maximum absolute atomic E-state index is 12.2. The molecule has 1 aromatic carbocycles. The zero-order valence-corrected chi connectivity index (χ0v) is 14.1. The first-order valence-corrected chi connectivity index (χ1v) is 8.13. The molecule has 0 spiro atoms. The van der Waals surface area contributed by atoms with E-state index >= 15 is 0 Å². The van der Waals surface area contributed by atoms with E-state index in [0.717, 1.165) is 18.8 Å². The highest BCUT2D eigenvalue weighted by molar-refractivity contribution is 5.95. The summed E-state index contributed by atoms with van der Waals surface area (Å²) >= 11 is 0. The van der Waals surface area contributed by atoms with Gasteiger partial charge in [0.05, 0.1) is 17.3 Å². The molecule has 0 fully saturated rings. The van der Waals surface area contributed by atoms with Gasteiger partial charge in [-0.25, -0.2) is 4.79 Å². The van der Waals surface area contributed by atoms with Crippen LogP contribution in [0.25, 0.3) is 11.0 Å². The molecule has 0 saturated heterocycles. The number of anilines is 1. The van der Waals surface area contributed by atoms with Crippen molar-refractivity contribution in [2.45, 2.75) is 13.8 Å². The van der Waals surface area contributed by atoms with E-state index in [2.05, 4.69) is 28.7 Å². The van der Waals surface area contributed by atoms with Gasteiger partial charge >= 0.3 is 5.63 Å². The Balaban J connectivity index is 2.06. The minimum Gasteiger partial charge on any atom is -0.506 e. The van der Waals surface area contributed by atoms with E-state index in [-0.39, 0.29) is 11.3 Å². The largest absolute Gasteiger partial charge is 0.506 e. The zero-order valence-electron chi connectivity index (χ0n) is 14.1. The van der Waals surface area contributed by atoms with Crippen molar-refractivity contribution in [1.29, 1.82) is 0 Å². The molecule has 0 unspecified atom stereocenters. The van der Waals surface area contributed by atoms with Crippen LogP contribution in [-0.4, -0.2) is 29.4 Å². The Morgan fingerprint density at radius 2 is 2.08 bits per heavy atom. The molecule has 0 aliphatic heterocycles. The number of aromatic hydroxyl groups is 1. The maximum atomic E-state index is 12.2. The molecule has 25 heavy (non-hydrogen) atoms. The summed E-state index contributed by atoms with van der Waals surface area (Å²) in [6, 6.07) is 8.91. The van der Waals surface area contributed by atoms with E-state index in [4.69, 9.17) is 4.42 Å². The third-order valence-electron chi connectivity index (χ3n) is 4.02. The third kappa shape index (κ3) is 3.38. The Kier molecular flexibility index (Phi) is 4.79. The number of fused-ring (bicyclic) bond motifs is 1. The van der Waals surface area contributed by atoms with E-state index < -0.39 is 5.63 Å². The van der Waals surface area contributed by atoms with Crippen molar-refractivity contribution in [3.8, 4) is 5.75 Å². The summed E-state index contributed by atoms with van der Waals surface area (Å²) in [6.45, 7) is 5.79. The standard InChI is InChI=1S/C19H19N3O3/c1-3-22(4-2)14-7-8-15-17(10-14)25-19(24)16(18(15)23)12-21-13-6-5-9-20-11-13/h5-12,23H,3-4H2,1-2H3. The van der Waals surface area contributed by atoms with Crippen LogP contribution in [0.4, 0.5) is 11.4 Å². The molecule has 2 aromatic heterocycles. The molecule has 3 aromatic rings. The smallest absolute Gasteiger partial charge is 0.348 e. The van der Waals surface area contributed by atoms with E-state index in [9.17, 15) is 9.90 Å². The number of hydrogen-bond acceptors (Lipinski definition) is 6. The van der Waals surface area contributed by atoms with Crippen LogP contribution in [0.3, 0.4) is 0 Å². The summed E-state index contributed by atoms with van der Waals surface area (Å²) < 4.78 is 5.39. The van der Waals surface area contributed by atoms with Crippen LogP contribution in [-0.2, 0) is 0 Å². The summed E-state index contributed by atoms with van der Waals surface area (Å²) in [4.78, 5) is 22.5. The SMILES string of the molecule is CCN(CC)c1ccc2c(O)c(C=Nc3cccnc3)c(=O)oc2c1. The average molecular weight is 337 g/mol. The molecule has 0 aliphatic rings. The molecule has 128 valence electrons. The van der Waals surface area contributed by atoms with E-state index in [1.165, 1.54) is 6.21 Å². The maximum Gasteiger partial charge on any atom is 0.348 e. The highest BCUT2D eigenvalue weighted by Crippen LogP contribution is 2.29. The first kappa shape index (κ1) is 16.7. The molecule has 0 atom stereocenters. The molecule has 0 radical (unpaired) electrons. The highest BCUT2D eigenvalue weighted by Gasteiger charge is 2.14. The Morgan fingerprint density at radius 3 is 2.76 bits per heavy atom. The molecule has 0 aliphatic carbocycles. The van der Waals surface area contributed by atoms with Crippen molar-refractivity contribution < 1.29 is 9.52 Å². The van der Waals surface area contributed by atoms with E-state index in [1.54, 1.807) is 36.7 Å². The van der Waals surface area contributed by atoms with E-state index in [1.807, 2.05) is 6.07 Å². The van der Waals surface area contributed by atoms with Crippen LogP contribution < -0.4 is 10.5 Å². The molecular weight excluding hydrogens is 318 g/mol. The lowest BCUT2D eigenvalue weighted by Crippen LogP contribution is -2.21. The molecule has 2 heterocycles. The van der Waals surface area contributed by atoms with Crippen LogP contribution in [0.1, 0.15) is 19.4 Å². The first-order chi connectivity index (χ1) is 12.1. The number of aliphatic imine (C=N–C) groups is 1. The van der Waals surface area contributed by atoms with Crippen LogP contribution in [0.15, 0.2) is 56.9 Å². The van der Waals surface area contributed by atoms with Gasteiger partial charge in [0, 0.05) is 37.3 Å². The van der Waals surface area contributed by atoms with Crippen molar-refractivity contribution in [3.05, 3.63) is 58.7 Å². The number of aromatic nitrogens is 1. The molecular formula is C19H19N3O3. The van der Waals surface area contributed by atoms with E-state index in [0.29, 0.717) is 16.7 Å².